The molecule has 0 aromatic carbocycles. The molecule has 2 N–H and O–H groups in total. The topological polar surface area (TPSA) is 61.8 Å². The summed E-state index contributed by atoms with van der Waals surface area (Å²) in [7, 11) is 0. The Morgan fingerprint density at radius 3 is 3.12 bits per heavy atom. The van der Waals surface area contributed by atoms with E-state index in [1.165, 1.54) is 12.8 Å². The molecular formula is C18H28ClN5O. The molecule has 1 aromatic heterocycles. The average Bonchev–Trinajstić information content (AvgIpc) is 3.09. The van der Waals surface area contributed by atoms with Gasteiger partial charge in [-0.15, -0.1) is 0 Å². The Morgan fingerprint density at radius 2 is 2.36 bits per heavy atom. The molecule has 2 unspecified atom stereocenters. The number of nitrogens with zero attached hydrogens (tertiary/aromatic N) is 3. The number of guanidine groups is 1. The minimum Gasteiger partial charge on any atom is -0.376 e. The van der Waals surface area contributed by atoms with Crippen LogP contribution < -0.4 is 15.5 Å². The van der Waals surface area contributed by atoms with Gasteiger partial charge in [0.05, 0.1) is 17.7 Å². The summed E-state index contributed by atoms with van der Waals surface area (Å²) >= 11 is 6.27. The van der Waals surface area contributed by atoms with E-state index in [1.807, 2.05) is 12.1 Å². The van der Waals surface area contributed by atoms with Crippen LogP contribution in [0, 0.1) is 0 Å². The molecule has 138 valence electrons. The van der Waals surface area contributed by atoms with E-state index in [0.717, 1.165) is 57.4 Å². The molecule has 0 amide bonds. The molecule has 2 aliphatic heterocycles. The quantitative estimate of drug-likeness (QED) is 0.620. The van der Waals surface area contributed by atoms with E-state index in [4.69, 9.17) is 21.3 Å². The van der Waals surface area contributed by atoms with Gasteiger partial charge in [0.1, 0.15) is 5.82 Å². The summed E-state index contributed by atoms with van der Waals surface area (Å²) in [5.41, 5.74) is 0. The van der Waals surface area contributed by atoms with Crippen LogP contribution >= 0.6 is 11.6 Å². The highest BCUT2D eigenvalue weighted by Gasteiger charge is 2.25. The fourth-order valence-corrected chi connectivity index (χ4v) is 3.58. The van der Waals surface area contributed by atoms with E-state index < -0.39 is 0 Å². The molecule has 7 heteroatoms. The number of hydrogen-bond donors (Lipinski definition) is 2. The van der Waals surface area contributed by atoms with Gasteiger partial charge in [-0.1, -0.05) is 11.6 Å². The van der Waals surface area contributed by atoms with Crippen LogP contribution in [0.1, 0.15) is 32.6 Å². The van der Waals surface area contributed by atoms with Gasteiger partial charge in [0.15, 0.2) is 5.96 Å². The fourth-order valence-electron chi connectivity index (χ4n) is 3.34. The van der Waals surface area contributed by atoms with E-state index in [9.17, 15) is 0 Å². The molecule has 3 rings (SSSR count). The first-order valence-electron chi connectivity index (χ1n) is 9.28. The first kappa shape index (κ1) is 18.3. The van der Waals surface area contributed by atoms with Crippen LogP contribution in [0.15, 0.2) is 23.3 Å². The maximum absolute atomic E-state index is 6.27. The monoisotopic (exact) mass is 365 g/mol. The van der Waals surface area contributed by atoms with E-state index in [1.54, 1.807) is 6.20 Å². The summed E-state index contributed by atoms with van der Waals surface area (Å²) < 4.78 is 5.77. The summed E-state index contributed by atoms with van der Waals surface area (Å²) in [6.45, 7) is 6.34. The van der Waals surface area contributed by atoms with Crippen LogP contribution in [-0.2, 0) is 4.74 Å². The second-order valence-electron chi connectivity index (χ2n) is 6.59. The number of rotatable bonds is 5. The molecule has 2 saturated heterocycles. The number of aromatic nitrogens is 1. The number of halogens is 1. The van der Waals surface area contributed by atoms with Gasteiger partial charge in [0, 0.05) is 38.5 Å². The molecule has 2 fully saturated rings. The van der Waals surface area contributed by atoms with Crippen molar-refractivity contribution in [2.24, 2.45) is 4.99 Å². The van der Waals surface area contributed by atoms with Gasteiger partial charge in [0.2, 0.25) is 0 Å². The van der Waals surface area contributed by atoms with Gasteiger partial charge in [-0.2, -0.15) is 0 Å². The molecule has 0 radical (unpaired) electrons. The lowest BCUT2D eigenvalue weighted by molar-refractivity contribution is 0.0224. The van der Waals surface area contributed by atoms with Crippen molar-refractivity contribution in [3.63, 3.8) is 0 Å². The minimum absolute atomic E-state index is 0.261. The molecule has 3 heterocycles. The van der Waals surface area contributed by atoms with Crippen LogP contribution in [0.5, 0.6) is 0 Å². The van der Waals surface area contributed by atoms with Crippen molar-refractivity contribution in [3.8, 4) is 0 Å². The molecule has 1 aromatic rings. The van der Waals surface area contributed by atoms with Crippen molar-refractivity contribution in [1.29, 1.82) is 0 Å². The fraction of sp³-hybridized carbons (Fsp3) is 0.667. The zero-order valence-corrected chi connectivity index (χ0v) is 15.6. The highest BCUT2D eigenvalue weighted by Crippen LogP contribution is 2.25. The zero-order valence-electron chi connectivity index (χ0n) is 14.9. The first-order chi connectivity index (χ1) is 12.3. The summed E-state index contributed by atoms with van der Waals surface area (Å²) in [5.74, 6) is 1.74. The number of anilines is 1. The minimum atomic E-state index is 0.261. The van der Waals surface area contributed by atoms with Crippen molar-refractivity contribution >= 4 is 23.4 Å². The molecule has 0 saturated carbocycles. The Labute approximate surface area is 155 Å². The molecule has 2 aliphatic rings. The second-order valence-corrected chi connectivity index (χ2v) is 7.00. The van der Waals surface area contributed by atoms with Crippen molar-refractivity contribution in [1.82, 2.24) is 15.6 Å². The predicted molar refractivity (Wildman–Crippen MR) is 103 cm³/mol. The van der Waals surface area contributed by atoms with Gasteiger partial charge in [-0.3, -0.25) is 4.99 Å². The standard InChI is InChI=1S/C18H28ClN5O/c1-2-20-18(22-12-15-6-3-4-11-25-15)23-14-8-10-24(13-14)17-16(19)7-5-9-21-17/h5,7,9,14-15H,2-4,6,8,10-13H2,1H3,(H2,20,22,23). The van der Waals surface area contributed by atoms with Crippen LogP contribution in [0.25, 0.3) is 0 Å². The normalized spacial score (nSPS) is 24.4. The van der Waals surface area contributed by atoms with Crippen LogP contribution in [0.3, 0.4) is 0 Å². The lowest BCUT2D eigenvalue weighted by Crippen LogP contribution is -2.45. The molecule has 0 bridgehead atoms. The SMILES string of the molecule is CCNC(=NCC1CCCCO1)NC1CCN(c2ncccc2Cl)C1. The Bertz CT molecular complexity index is 576. The molecule has 6 nitrogen and oxygen atoms in total. The number of nitrogens with one attached hydrogen (secondary N) is 2. The van der Waals surface area contributed by atoms with Crippen LogP contribution in [-0.4, -0.2) is 55.9 Å². The first-order valence-corrected chi connectivity index (χ1v) is 9.66. The Morgan fingerprint density at radius 1 is 1.44 bits per heavy atom. The lowest BCUT2D eigenvalue weighted by Gasteiger charge is -2.22. The van der Waals surface area contributed by atoms with Gasteiger partial charge in [-0.05, 0) is 44.7 Å². The maximum atomic E-state index is 6.27. The summed E-state index contributed by atoms with van der Waals surface area (Å²) in [6.07, 6.45) is 6.61. The van der Waals surface area contributed by atoms with Gasteiger partial charge >= 0.3 is 0 Å². The lowest BCUT2D eigenvalue weighted by atomic mass is 10.1. The van der Waals surface area contributed by atoms with Crippen molar-refractivity contribution in [2.45, 2.75) is 44.8 Å². The Hall–Kier alpha value is -1.53. The highest BCUT2D eigenvalue weighted by molar-refractivity contribution is 6.32. The predicted octanol–water partition coefficient (Wildman–Crippen LogP) is 2.44. The van der Waals surface area contributed by atoms with E-state index >= 15 is 0 Å². The molecule has 0 spiro atoms. The van der Waals surface area contributed by atoms with Gasteiger partial charge in [-0.25, -0.2) is 4.98 Å². The number of hydrogen-bond acceptors (Lipinski definition) is 4. The third-order valence-corrected chi connectivity index (χ3v) is 4.93. The highest BCUT2D eigenvalue weighted by atomic mass is 35.5. The summed E-state index contributed by atoms with van der Waals surface area (Å²) in [6, 6.07) is 4.09. The summed E-state index contributed by atoms with van der Waals surface area (Å²) in [5, 5.41) is 7.59. The maximum Gasteiger partial charge on any atom is 0.191 e. The van der Waals surface area contributed by atoms with E-state index in [2.05, 4.69) is 27.4 Å². The van der Waals surface area contributed by atoms with Crippen molar-refractivity contribution in [3.05, 3.63) is 23.4 Å². The number of pyridine rings is 1. The number of ether oxygens (including phenoxy) is 1. The van der Waals surface area contributed by atoms with Gasteiger partial charge < -0.3 is 20.3 Å². The zero-order chi connectivity index (χ0) is 17.5. The third kappa shape index (κ3) is 5.22. The third-order valence-electron chi connectivity index (χ3n) is 4.64. The molecule has 25 heavy (non-hydrogen) atoms. The van der Waals surface area contributed by atoms with E-state index in [0.29, 0.717) is 11.1 Å². The van der Waals surface area contributed by atoms with Gasteiger partial charge in [0.25, 0.3) is 0 Å². The number of aliphatic imine (C=N–C) groups is 1. The van der Waals surface area contributed by atoms with Crippen LogP contribution in [0.4, 0.5) is 5.82 Å². The molecular weight excluding hydrogens is 338 g/mol. The smallest absolute Gasteiger partial charge is 0.191 e. The second kappa shape index (κ2) is 9.25. The van der Waals surface area contributed by atoms with Crippen molar-refractivity contribution < 1.29 is 4.74 Å². The van der Waals surface area contributed by atoms with Crippen LogP contribution in [0.2, 0.25) is 5.02 Å². The molecule has 2 atom stereocenters. The average molecular weight is 366 g/mol. The van der Waals surface area contributed by atoms with E-state index in [-0.39, 0.29) is 6.10 Å². The summed E-state index contributed by atoms with van der Waals surface area (Å²) in [4.78, 5) is 11.4. The van der Waals surface area contributed by atoms with Crippen molar-refractivity contribution in [2.75, 3.05) is 37.7 Å². The largest absolute Gasteiger partial charge is 0.376 e. The Kier molecular flexibility index (Phi) is 6.76. The Balaban J connectivity index is 1.54. The molecule has 0 aliphatic carbocycles.